The van der Waals surface area contributed by atoms with Crippen LogP contribution >= 0.6 is 0 Å². The van der Waals surface area contributed by atoms with Crippen LogP contribution in [0.2, 0.25) is 0 Å². The molecule has 2 aromatic carbocycles. The number of aryl methyl sites for hydroxylation is 2. The van der Waals surface area contributed by atoms with E-state index < -0.39 is 0 Å². The summed E-state index contributed by atoms with van der Waals surface area (Å²) in [5.74, 6) is 1.67. The van der Waals surface area contributed by atoms with Crippen molar-refractivity contribution in [3.63, 3.8) is 0 Å². The number of carbonyl (C=O) groups is 1. The topological polar surface area (TPSA) is 102 Å². The lowest BCUT2D eigenvalue weighted by Gasteiger charge is -2.12. The van der Waals surface area contributed by atoms with E-state index in [-0.39, 0.29) is 5.91 Å². The minimum atomic E-state index is -0.225. The molecule has 0 unspecified atom stereocenters. The third kappa shape index (κ3) is 3.56. The molecule has 0 aliphatic heterocycles. The number of amides is 1. The van der Waals surface area contributed by atoms with Gasteiger partial charge in [-0.2, -0.15) is 5.10 Å². The van der Waals surface area contributed by atoms with Crippen molar-refractivity contribution in [3.05, 3.63) is 84.3 Å². The molecule has 3 heterocycles. The molecular weight excluding hydrogens is 404 g/mol. The molecule has 9 heteroatoms. The molecule has 0 radical (unpaired) electrons. The van der Waals surface area contributed by atoms with Gasteiger partial charge < -0.3 is 10.6 Å². The first-order valence-corrected chi connectivity index (χ1v) is 10.0. The van der Waals surface area contributed by atoms with Gasteiger partial charge in [0.05, 0.1) is 6.20 Å². The number of hydrogen-bond donors (Lipinski definition) is 2. The van der Waals surface area contributed by atoms with Gasteiger partial charge in [0, 0.05) is 42.3 Å². The van der Waals surface area contributed by atoms with E-state index >= 15 is 0 Å². The average Bonchev–Trinajstić information content (AvgIpc) is 3.42. The SMILES string of the molecule is Cc1ccc(C(=O)Nc2ccnn2C)cc1Nc1nccn2c(-c3ccccc3)nnc12. The molecule has 32 heavy (non-hydrogen) atoms. The zero-order valence-corrected chi connectivity index (χ0v) is 17.5. The largest absolute Gasteiger partial charge is 0.337 e. The van der Waals surface area contributed by atoms with Crippen molar-refractivity contribution in [2.45, 2.75) is 6.92 Å². The molecule has 0 bridgehead atoms. The Morgan fingerprint density at radius 3 is 2.62 bits per heavy atom. The predicted molar refractivity (Wildman–Crippen MR) is 122 cm³/mol. The average molecular weight is 424 g/mol. The summed E-state index contributed by atoms with van der Waals surface area (Å²) in [5.41, 5.74) is 3.79. The maximum absolute atomic E-state index is 12.7. The minimum Gasteiger partial charge on any atom is -0.337 e. The number of nitrogens with zero attached hydrogens (tertiary/aromatic N) is 6. The lowest BCUT2D eigenvalue weighted by atomic mass is 10.1. The molecule has 0 spiro atoms. The maximum Gasteiger partial charge on any atom is 0.256 e. The molecule has 0 aliphatic rings. The summed E-state index contributed by atoms with van der Waals surface area (Å²) in [7, 11) is 1.77. The van der Waals surface area contributed by atoms with Crippen LogP contribution in [0.25, 0.3) is 17.0 Å². The van der Waals surface area contributed by atoms with Crippen molar-refractivity contribution in [3.8, 4) is 11.4 Å². The number of fused-ring (bicyclic) bond motifs is 1. The second-order valence-corrected chi connectivity index (χ2v) is 7.31. The van der Waals surface area contributed by atoms with E-state index in [0.717, 1.165) is 22.6 Å². The van der Waals surface area contributed by atoms with Crippen LogP contribution in [-0.4, -0.2) is 35.3 Å². The fourth-order valence-corrected chi connectivity index (χ4v) is 3.41. The van der Waals surface area contributed by atoms with E-state index in [1.54, 1.807) is 42.3 Å². The Kier molecular flexibility index (Phi) is 4.83. The third-order valence-corrected chi connectivity index (χ3v) is 5.17. The quantitative estimate of drug-likeness (QED) is 0.445. The summed E-state index contributed by atoms with van der Waals surface area (Å²) >= 11 is 0. The molecule has 3 aromatic heterocycles. The summed E-state index contributed by atoms with van der Waals surface area (Å²) < 4.78 is 3.49. The predicted octanol–water partition coefficient (Wildman–Crippen LogP) is 3.83. The molecule has 2 N–H and O–H groups in total. The molecule has 1 amide bonds. The molecular formula is C23H20N8O. The van der Waals surface area contributed by atoms with E-state index in [4.69, 9.17) is 0 Å². The number of nitrogens with one attached hydrogen (secondary N) is 2. The van der Waals surface area contributed by atoms with Crippen molar-refractivity contribution in [1.82, 2.24) is 29.4 Å². The van der Waals surface area contributed by atoms with Crippen LogP contribution in [0.4, 0.5) is 17.3 Å². The zero-order valence-electron chi connectivity index (χ0n) is 17.5. The molecule has 158 valence electrons. The number of anilines is 3. The van der Waals surface area contributed by atoms with Crippen LogP contribution in [0.5, 0.6) is 0 Å². The molecule has 0 fully saturated rings. The van der Waals surface area contributed by atoms with Crippen molar-refractivity contribution < 1.29 is 4.79 Å². The van der Waals surface area contributed by atoms with Gasteiger partial charge in [0.2, 0.25) is 5.65 Å². The molecule has 0 aliphatic carbocycles. The Labute approximate surface area is 183 Å². The monoisotopic (exact) mass is 424 g/mol. The second kappa shape index (κ2) is 7.95. The van der Waals surface area contributed by atoms with E-state index in [2.05, 4.69) is 30.9 Å². The lowest BCUT2D eigenvalue weighted by molar-refractivity contribution is 0.102. The summed E-state index contributed by atoms with van der Waals surface area (Å²) in [6.45, 7) is 1.96. The normalized spacial score (nSPS) is 10.9. The molecule has 0 atom stereocenters. The van der Waals surface area contributed by atoms with Crippen LogP contribution in [-0.2, 0) is 7.05 Å². The minimum absolute atomic E-state index is 0.225. The second-order valence-electron chi connectivity index (χ2n) is 7.31. The smallest absolute Gasteiger partial charge is 0.256 e. The zero-order chi connectivity index (χ0) is 22.1. The van der Waals surface area contributed by atoms with Crippen molar-refractivity contribution in [2.24, 2.45) is 7.05 Å². The Morgan fingerprint density at radius 2 is 1.84 bits per heavy atom. The van der Waals surface area contributed by atoms with Crippen LogP contribution in [0.1, 0.15) is 15.9 Å². The first-order chi connectivity index (χ1) is 15.6. The Morgan fingerprint density at radius 1 is 1.00 bits per heavy atom. The highest BCUT2D eigenvalue weighted by atomic mass is 16.1. The van der Waals surface area contributed by atoms with Gasteiger partial charge in [0.25, 0.3) is 5.91 Å². The highest BCUT2D eigenvalue weighted by molar-refractivity contribution is 6.04. The fourth-order valence-electron chi connectivity index (χ4n) is 3.41. The van der Waals surface area contributed by atoms with Gasteiger partial charge in [-0.15, -0.1) is 10.2 Å². The van der Waals surface area contributed by atoms with Crippen LogP contribution in [0.3, 0.4) is 0 Å². The van der Waals surface area contributed by atoms with Gasteiger partial charge in [0.15, 0.2) is 11.6 Å². The summed E-state index contributed by atoms with van der Waals surface area (Å²) in [4.78, 5) is 17.2. The van der Waals surface area contributed by atoms with Crippen LogP contribution in [0, 0.1) is 6.92 Å². The molecule has 0 saturated heterocycles. The number of carbonyl (C=O) groups excluding carboxylic acids is 1. The number of aromatic nitrogens is 6. The van der Waals surface area contributed by atoms with Crippen molar-refractivity contribution in [1.29, 1.82) is 0 Å². The van der Waals surface area contributed by atoms with Gasteiger partial charge >= 0.3 is 0 Å². The Hall–Kier alpha value is -4.53. The van der Waals surface area contributed by atoms with Crippen LogP contribution in [0.15, 0.2) is 73.2 Å². The highest BCUT2D eigenvalue weighted by Crippen LogP contribution is 2.26. The summed E-state index contributed by atoms with van der Waals surface area (Å²) in [5, 5.41) is 18.9. The van der Waals surface area contributed by atoms with Crippen LogP contribution < -0.4 is 10.6 Å². The summed E-state index contributed by atoms with van der Waals surface area (Å²) in [6, 6.07) is 17.1. The van der Waals surface area contributed by atoms with E-state index in [1.807, 2.05) is 53.9 Å². The van der Waals surface area contributed by atoms with E-state index in [1.165, 1.54) is 0 Å². The first-order valence-electron chi connectivity index (χ1n) is 10.0. The first kappa shape index (κ1) is 19.4. The van der Waals surface area contributed by atoms with Gasteiger partial charge in [-0.1, -0.05) is 36.4 Å². The molecule has 5 aromatic rings. The Bertz CT molecular complexity index is 1420. The number of benzene rings is 2. The van der Waals surface area contributed by atoms with E-state index in [9.17, 15) is 4.79 Å². The Balaban J connectivity index is 1.46. The summed E-state index contributed by atoms with van der Waals surface area (Å²) in [6.07, 6.45) is 5.15. The van der Waals surface area contributed by atoms with Gasteiger partial charge in [-0.05, 0) is 24.6 Å². The maximum atomic E-state index is 12.7. The lowest BCUT2D eigenvalue weighted by Crippen LogP contribution is -2.15. The molecule has 0 saturated carbocycles. The van der Waals surface area contributed by atoms with Gasteiger partial charge in [-0.3, -0.25) is 13.9 Å². The molecule has 9 nitrogen and oxygen atoms in total. The number of hydrogen-bond acceptors (Lipinski definition) is 6. The standard InChI is InChI=1S/C23H20N8O/c1-15-8-9-17(23(32)27-19-10-11-25-30(19)2)14-18(15)26-20-22-29-28-21(31(22)13-12-24-20)16-6-4-3-5-7-16/h3-14H,1-2H3,(H,24,26)(H,27,32). The highest BCUT2D eigenvalue weighted by Gasteiger charge is 2.15. The van der Waals surface area contributed by atoms with E-state index in [0.29, 0.717) is 22.8 Å². The van der Waals surface area contributed by atoms with Crippen molar-refractivity contribution >= 4 is 28.9 Å². The fraction of sp³-hybridized carbons (Fsp3) is 0.0870. The third-order valence-electron chi connectivity index (χ3n) is 5.17. The number of rotatable bonds is 5. The van der Waals surface area contributed by atoms with Gasteiger partial charge in [-0.25, -0.2) is 4.98 Å². The van der Waals surface area contributed by atoms with Crippen molar-refractivity contribution in [2.75, 3.05) is 10.6 Å². The van der Waals surface area contributed by atoms with Gasteiger partial charge in [0.1, 0.15) is 5.82 Å². The molecule has 5 rings (SSSR count).